The summed E-state index contributed by atoms with van der Waals surface area (Å²) in [5.41, 5.74) is 5.64. The van der Waals surface area contributed by atoms with Crippen molar-refractivity contribution in [1.82, 2.24) is 5.32 Å². The fraction of sp³-hybridized carbons (Fsp3) is 0.714. The van der Waals surface area contributed by atoms with Crippen LogP contribution in [-0.4, -0.2) is 29.6 Å². The van der Waals surface area contributed by atoms with Crippen LogP contribution in [0.4, 0.5) is 0 Å². The molecule has 0 saturated heterocycles. The maximum atomic E-state index is 12.0. The van der Waals surface area contributed by atoms with Crippen molar-refractivity contribution in [3.8, 4) is 12.3 Å². The van der Waals surface area contributed by atoms with E-state index in [0.717, 1.165) is 25.7 Å². The topological polar surface area (TPSA) is 92.4 Å². The third-order valence-corrected chi connectivity index (χ3v) is 3.84. The standard InChI is InChI=1S/C14H22N2O3/c1-2-6-11(13(18)19)16-12(17)9-14(10-15)7-4-3-5-8-14/h1,11H,3-10,15H2,(H,16,17)(H,18,19). The molecular weight excluding hydrogens is 244 g/mol. The Balaban J connectivity index is 2.57. The Kier molecular flexibility index (Phi) is 5.84. The summed E-state index contributed by atoms with van der Waals surface area (Å²) >= 11 is 0. The van der Waals surface area contributed by atoms with Gasteiger partial charge >= 0.3 is 5.97 Å². The molecule has 0 heterocycles. The van der Waals surface area contributed by atoms with Crippen LogP contribution in [0.15, 0.2) is 0 Å². The lowest BCUT2D eigenvalue weighted by Gasteiger charge is -2.35. The Hall–Kier alpha value is -1.54. The Morgan fingerprint density at radius 2 is 2.00 bits per heavy atom. The summed E-state index contributed by atoms with van der Waals surface area (Å²) in [6, 6.07) is -1.00. The van der Waals surface area contributed by atoms with E-state index in [1.807, 2.05) is 0 Å². The number of carbonyl (C=O) groups excluding carboxylic acids is 1. The summed E-state index contributed by atoms with van der Waals surface area (Å²) in [7, 11) is 0. The molecule has 1 unspecified atom stereocenters. The molecule has 1 amide bonds. The van der Waals surface area contributed by atoms with Crippen molar-refractivity contribution in [2.24, 2.45) is 11.1 Å². The van der Waals surface area contributed by atoms with Crippen LogP contribution in [0.3, 0.4) is 0 Å². The van der Waals surface area contributed by atoms with Gasteiger partial charge in [0.25, 0.3) is 0 Å². The molecule has 0 aromatic carbocycles. The van der Waals surface area contributed by atoms with Crippen molar-refractivity contribution in [3.05, 3.63) is 0 Å². The normalized spacial score (nSPS) is 19.2. The minimum Gasteiger partial charge on any atom is -0.480 e. The average Bonchev–Trinajstić information content (AvgIpc) is 2.39. The van der Waals surface area contributed by atoms with E-state index in [0.29, 0.717) is 6.54 Å². The lowest BCUT2D eigenvalue weighted by atomic mass is 9.71. The second-order valence-electron chi connectivity index (χ2n) is 5.31. The molecule has 19 heavy (non-hydrogen) atoms. The van der Waals surface area contributed by atoms with Gasteiger partial charge in [0.1, 0.15) is 6.04 Å². The summed E-state index contributed by atoms with van der Waals surface area (Å²) in [5.74, 6) is 0.893. The first kappa shape index (κ1) is 15.5. The number of amides is 1. The predicted molar refractivity (Wildman–Crippen MR) is 72.2 cm³/mol. The van der Waals surface area contributed by atoms with Crippen LogP contribution >= 0.6 is 0 Å². The molecule has 1 rings (SSSR count). The number of terminal acetylenes is 1. The molecule has 1 atom stereocenters. The van der Waals surface area contributed by atoms with Gasteiger partial charge in [0.2, 0.25) is 5.91 Å². The first-order valence-electron chi connectivity index (χ1n) is 6.69. The minimum absolute atomic E-state index is 0.00328. The SMILES string of the molecule is C#CCC(NC(=O)CC1(CN)CCCCC1)C(=O)O. The number of hydrogen-bond acceptors (Lipinski definition) is 3. The first-order chi connectivity index (χ1) is 9.03. The molecule has 0 aromatic rings. The second kappa shape index (κ2) is 7.15. The summed E-state index contributed by atoms with van der Waals surface area (Å²) in [6.07, 6.45) is 10.6. The van der Waals surface area contributed by atoms with Crippen LogP contribution < -0.4 is 11.1 Å². The molecule has 0 spiro atoms. The molecule has 1 aliphatic rings. The van der Waals surface area contributed by atoms with E-state index >= 15 is 0 Å². The van der Waals surface area contributed by atoms with Crippen LogP contribution in [0, 0.1) is 17.8 Å². The van der Waals surface area contributed by atoms with Gasteiger partial charge in [-0.3, -0.25) is 4.79 Å². The lowest BCUT2D eigenvalue weighted by Crippen LogP contribution is -2.44. The highest BCUT2D eigenvalue weighted by Crippen LogP contribution is 2.38. The highest BCUT2D eigenvalue weighted by atomic mass is 16.4. The molecule has 1 aliphatic carbocycles. The third-order valence-electron chi connectivity index (χ3n) is 3.84. The number of carbonyl (C=O) groups is 2. The monoisotopic (exact) mass is 266 g/mol. The number of carboxylic acids is 1. The van der Waals surface area contributed by atoms with Crippen molar-refractivity contribution in [1.29, 1.82) is 0 Å². The maximum Gasteiger partial charge on any atom is 0.327 e. The highest BCUT2D eigenvalue weighted by molar-refractivity contribution is 5.84. The quantitative estimate of drug-likeness (QED) is 0.622. The zero-order valence-corrected chi connectivity index (χ0v) is 11.2. The van der Waals surface area contributed by atoms with Crippen molar-refractivity contribution < 1.29 is 14.7 Å². The van der Waals surface area contributed by atoms with E-state index in [4.69, 9.17) is 17.3 Å². The van der Waals surface area contributed by atoms with E-state index in [1.54, 1.807) is 0 Å². The summed E-state index contributed by atoms with van der Waals surface area (Å²) in [6.45, 7) is 0.466. The van der Waals surface area contributed by atoms with Gasteiger partial charge in [0, 0.05) is 12.8 Å². The number of carboxylic acid groups (broad SMARTS) is 1. The first-order valence-corrected chi connectivity index (χ1v) is 6.69. The molecule has 1 saturated carbocycles. The van der Waals surface area contributed by atoms with Crippen LogP contribution in [0.25, 0.3) is 0 Å². The van der Waals surface area contributed by atoms with Gasteiger partial charge < -0.3 is 16.2 Å². The van der Waals surface area contributed by atoms with E-state index in [9.17, 15) is 9.59 Å². The number of nitrogens with one attached hydrogen (secondary N) is 1. The van der Waals surface area contributed by atoms with Gasteiger partial charge in [-0.25, -0.2) is 4.79 Å². The Labute approximate surface area is 113 Å². The van der Waals surface area contributed by atoms with E-state index in [1.165, 1.54) is 6.42 Å². The molecule has 0 radical (unpaired) electrons. The fourth-order valence-corrected chi connectivity index (χ4v) is 2.66. The zero-order chi connectivity index (χ0) is 14.3. The molecular formula is C14H22N2O3. The molecule has 1 fully saturated rings. The smallest absolute Gasteiger partial charge is 0.327 e. The molecule has 0 aliphatic heterocycles. The van der Waals surface area contributed by atoms with Crippen LogP contribution in [0.1, 0.15) is 44.9 Å². The summed E-state index contributed by atoms with van der Waals surface area (Å²) < 4.78 is 0. The molecule has 5 heteroatoms. The summed E-state index contributed by atoms with van der Waals surface area (Å²) in [5, 5.41) is 11.4. The number of nitrogens with two attached hydrogens (primary N) is 1. The van der Waals surface area contributed by atoms with Gasteiger partial charge in [0.05, 0.1) is 0 Å². The van der Waals surface area contributed by atoms with E-state index in [-0.39, 0.29) is 24.2 Å². The van der Waals surface area contributed by atoms with Crippen LogP contribution in [-0.2, 0) is 9.59 Å². The van der Waals surface area contributed by atoms with Gasteiger partial charge in [0.15, 0.2) is 0 Å². The van der Waals surface area contributed by atoms with Gasteiger partial charge in [-0.05, 0) is 24.8 Å². The van der Waals surface area contributed by atoms with Crippen molar-refractivity contribution >= 4 is 11.9 Å². The molecule has 4 N–H and O–H groups in total. The van der Waals surface area contributed by atoms with Gasteiger partial charge in [-0.15, -0.1) is 12.3 Å². The van der Waals surface area contributed by atoms with Gasteiger partial charge in [-0.2, -0.15) is 0 Å². The zero-order valence-electron chi connectivity index (χ0n) is 11.2. The molecule has 0 bridgehead atoms. The predicted octanol–water partition coefficient (Wildman–Crippen LogP) is 0.878. The highest BCUT2D eigenvalue weighted by Gasteiger charge is 2.33. The largest absolute Gasteiger partial charge is 0.480 e. The van der Waals surface area contributed by atoms with E-state index < -0.39 is 12.0 Å². The van der Waals surface area contributed by atoms with Crippen LogP contribution in [0.2, 0.25) is 0 Å². The van der Waals surface area contributed by atoms with Crippen molar-refractivity contribution in [2.45, 2.75) is 51.0 Å². The molecule has 106 valence electrons. The average molecular weight is 266 g/mol. The minimum atomic E-state index is -1.10. The maximum absolute atomic E-state index is 12.0. The lowest BCUT2D eigenvalue weighted by molar-refractivity contribution is -0.142. The Morgan fingerprint density at radius 1 is 1.37 bits per heavy atom. The summed E-state index contributed by atoms with van der Waals surface area (Å²) in [4.78, 5) is 22.9. The Bertz CT molecular complexity index is 367. The molecule has 0 aromatic heterocycles. The number of hydrogen-bond donors (Lipinski definition) is 3. The molecule has 5 nitrogen and oxygen atoms in total. The fourth-order valence-electron chi connectivity index (χ4n) is 2.66. The van der Waals surface area contributed by atoms with Gasteiger partial charge in [-0.1, -0.05) is 19.3 Å². The number of aliphatic carboxylic acids is 1. The number of rotatable bonds is 6. The van der Waals surface area contributed by atoms with Crippen molar-refractivity contribution in [3.63, 3.8) is 0 Å². The third kappa shape index (κ3) is 4.56. The van der Waals surface area contributed by atoms with Crippen LogP contribution in [0.5, 0.6) is 0 Å². The Morgan fingerprint density at radius 3 is 2.47 bits per heavy atom. The van der Waals surface area contributed by atoms with Crippen molar-refractivity contribution in [2.75, 3.05) is 6.54 Å². The van der Waals surface area contributed by atoms with E-state index in [2.05, 4.69) is 11.2 Å². The second-order valence-corrected chi connectivity index (χ2v) is 5.31.